The van der Waals surface area contributed by atoms with Gasteiger partial charge in [-0.15, -0.1) is 0 Å². The molecule has 0 saturated carbocycles. The summed E-state index contributed by atoms with van der Waals surface area (Å²) in [7, 11) is 0. The fourth-order valence-corrected chi connectivity index (χ4v) is 4.86. The average molecular weight is 467 g/mol. The lowest BCUT2D eigenvalue weighted by Gasteiger charge is -2.36. The number of piperidine rings is 1. The average Bonchev–Trinajstić information content (AvgIpc) is 3.26. The van der Waals surface area contributed by atoms with Crippen molar-refractivity contribution in [1.82, 2.24) is 4.90 Å². The van der Waals surface area contributed by atoms with Crippen LogP contribution in [-0.2, 0) is 16.1 Å². The molecule has 0 spiro atoms. The molecule has 34 heavy (non-hydrogen) atoms. The standard InChI is InChI=1S/C26H27FN2O5/c1-26(2)18(10-22(34-26)23-17-9-16(27)7-8-19(17)28-25(23)33)15-5-3-14(4-6-15)11-29-12-20(30)24(32)21(31)13-29/h3-10,20-21,24,30-32H,11-13H2,1-2H3,(H,28,33)/b23-22+/t20-,21+,24?. The molecule has 0 aliphatic carbocycles. The summed E-state index contributed by atoms with van der Waals surface area (Å²) in [6, 6.07) is 12.0. The number of nitrogens with zero attached hydrogens (tertiary/aromatic N) is 1. The van der Waals surface area contributed by atoms with Crippen LogP contribution in [0.5, 0.6) is 0 Å². The molecule has 2 aromatic rings. The minimum Gasteiger partial charge on any atom is -0.482 e. The Kier molecular flexibility index (Phi) is 5.56. The lowest BCUT2D eigenvalue weighted by Crippen LogP contribution is -2.54. The molecule has 8 heteroatoms. The Morgan fingerprint density at radius 2 is 1.76 bits per heavy atom. The van der Waals surface area contributed by atoms with Gasteiger partial charge in [0.25, 0.3) is 5.91 Å². The third kappa shape index (κ3) is 4.03. The van der Waals surface area contributed by atoms with E-state index in [1.807, 2.05) is 49.1 Å². The molecular weight excluding hydrogens is 439 g/mol. The number of hydrogen-bond acceptors (Lipinski definition) is 6. The Bertz CT molecular complexity index is 1190. The molecular formula is C26H27FN2O5. The number of aliphatic hydroxyl groups excluding tert-OH is 3. The van der Waals surface area contributed by atoms with E-state index in [0.717, 1.165) is 16.7 Å². The number of amides is 1. The number of nitrogens with one attached hydrogen (secondary N) is 1. The van der Waals surface area contributed by atoms with E-state index in [4.69, 9.17) is 4.74 Å². The fraction of sp³-hybridized carbons (Fsp3) is 0.346. The molecule has 4 N–H and O–H groups in total. The summed E-state index contributed by atoms with van der Waals surface area (Å²) >= 11 is 0. The van der Waals surface area contributed by atoms with Gasteiger partial charge in [-0.25, -0.2) is 4.39 Å². The molecule has 3 aliphatic rings. The van der Waals surface area contributed by atoms with Crippen LogP contribution in [0.2, 0.25) is 0 Å². The predicted molar refractivity (Wildman–Crippen MR) is 125 cm³/mol. The second-order valence-electron chi connectivity index (χ2n) is 9.57. The van der Waals surface area contributed by atoms with Gasteiger partial charge in [0, 0.05) is 36.5 Å². The number of likely N-dealkylation sites (tertiary alicyclic amines) is 1. The normalized spacial score (nSPS) is 28.4. The van der Waals surface area contributed by atoms with Gasteiger partial charge >= 0.3 is 0 Å². The number of benzene rings is 2. The first-order valence-corrected chi connectivity index (χ1v) is 11.2. The maximum atomic E-state index is 13.8. The maximum absolute atomic E-state index is 13.8. The molecule has 1 amide bonds. The summed E-state index contributed by atoms with van der Waals surface area (Å²) in [6.07, 6.45) is -1.25. The van der Waals surface area contributed by atoms with E-state index in [-0.39, 0.29) is 19.0 Å². The van der Waals surface area contributed by atoms with E-state index in [1.54, 1.807) is 6.07 Å². The summed E-state index contributed by atoms with van der Waals surface area (Å²) in [5.74, 6) is -0.343. The van der Waals surface area contributed by atoms with Gasteiger partial charge in [0.2, 0.25) is 0 Å². The highest BCUT2D eigenvalue weighted by Crippen LogP contribution is 2.44. The van der Waals surface area contributed by atoms with Crippen LogP contribution < -0.4 is 5.32 Å². The van der Waals surface area contributed by atoms with Gasteiger partial charge in [0.15, 0.2) is 0 Å². The van der Waals surface area contributed by atoms with Crippen LogP contribution in [0.1, 0.15) is 30.5 Å². The number of rotatable bonds is 3. The molecule has 1 unspecified atom stereocenters. The monoisotopic (exact) mass is 466 g/mol. The number of allylic oxidation sites excluding steroid dienone is 1. The van der Waals surface area contributed by atoms with Crippen molar-refractivity contribution in [2.75, 3.05) is 18.4 Å². The van der Waals surface area contributed by atoms with Crippen molar-refractivity contribution in [2.45, 2.75) is 44.3 Å². The van der Waals surface area contributed by atoms with Crippen LogP contribution in [-0.4, -0.2) is 63.1 Å². The van der Waals surface area contributed by atoms with E-state index in [1.165, 1.54) is 12.1 Å². The maximum Gasteiger partial charge on any atom is 0.260 e. The van der Waals surface area contributed by atoms with Gasteiger partial charge in [-0.2, -0.15) is 0 Å². The summed E-state index contributed by atoms with van der Waals surface area (Å²) in [5.41, 5.74) is 3.48. The van der Waals surface area contributed by atoms with Gasteiger partial charge in [-0.05, 0) is 49.2 Å². The highest BCUT2D eigenvalue weighted by Gasteiger charge is 2.38. The van der Waals surface area contributed by atoms with E-state index in [2.05, 4.69) is 5.32 Å². The molecule has 5 rings (SSSR count). The SMILES string of the molecule is CC1(C)O/C(=C2/C(=O)Nc3ccc(F)cc32)C=C1c1ccc(CN2C[C@@H](O)C(O)[C@@H](O)C2)cc1. The number of halogens is 1. The molecule has 3 atom stereocenters. The Labute approximate surface area is 196 Å². The van der Waals surface area contributed by atoms with Gasteiger partial charge < -0.3 is 25.4 Å². The predicted octanol–water partition coefficient (Wildman–Crippen LogP) is 2.28. The molecule has 3 heterocycles. The second kappa shape index (κ2) is 8.32. The molecule has 3 aliphatic heterocycles. The van der Waals surface area contributed by atoms with Crippen LogP contribution in [0, 0.1) is 5.82 Å². The van der Waals surface area contributed by atoms with Crippen molar-refractivity contribution in [1.29, 1.82) is 0 Å². The lowest BCUT2D eigenvalue weighted by atomic mass is 9.91. The summed E-state index contributed by atoms with van der Waals surface area (Å²) in [5, 5.41) is 32.3. The topological polar surface area (TPSA) is 102 Å². The smallest absolute Gasteiger partial charge is 0.260 e. The fourth-order valence-electron chi connectivity index (χ4n) is 4.86. The third-order valence-corrected chi connectivity index (χ3v) is 6.61. The highest BCUT2D eigenvalue weighted by molar-refractivity contribution is 6.32. The van der Waals surface area contributed by atoms with Crippen molar-refractivity contribution < 1.29 is 29.2 Å². The zero-order valence-electron chi connectivity index (χ0n) is 19.0. The Morgan fingerprint density at radius 1 is 1.09 bits per heavy atom. The van der Waals surface area contributed by atoms with Crippen LogP contribution in [0.4, 0.5) is 10.1 Å². The van der Waals surface area contributed by atoms with Crippen molar-refractivity contribution in [3.63, 3.8) is 0 Å². The number of carbonyl (C=O) groups is 1. The molecule has 7 nitrogen and oxygen atoms in total. The molecule has 1 fully saturated rings. The molecule has 0 aromatic heterocycles. The Hall–Kier alpha value is -3.04. The summed E-state index contributed by atoms with van der Waals surface area (Å²) in [4.78, 5) is 14.5. The zero-order chi connectivity index (χ0) is 24.2. The highest BCUT2D eigenvalue weighted by atomic mass is 19.1. The van der Waals surface area contributed by atoms with E-state index >= 15 is 0 Å². The van der Waals surface area contributed by atoms with Crippen LogP contribution in [0.3, 0.4) is 0 Å². The largest absolute Gasteiger partial charge is 0.482 e. The summed E-state index contributed by atoms with van der Waals surface area (Å²) < 4.78 is 20.0. The van der Waals surface area contributed by atoms with Crippen molar-refractivity contribution in [2.24, 2.45) is 0 Å². The molecule has 0 radical (unpaired) electrons. The van der Waals surface area contributed by atoms with Gasteiger partial charge in [0.05, 0.1) is 17.8 Å². The zero-order valence-corrected chi connectivity index (χ0v) is 19.0. The van der Waals surface area contributed by atoms with Crippen molar-refractivity contribution in [3.8, 4) is 0 Å². The molecule has 178 valence electrons. The molecule has 0 bridgehead atoms. The number of β-amino-alcohol motifs (C(OH)–C–C–N with tert-alkyl or cyclic N) is 2. The van der Waals surface area contributed by atoms with Gasteiger partial charge in [0.1, 0.15) is 23.3 Å². The minimum atomic E-state index is -1.12. The van der Waals surface area contributed by atoms with Crippen LogP contribution in [0.25, 0.3) is 11.1 Å². The summed E-state index contributed by atoms with van der Waals surface area (Å²) in [6.45, 7) is 4.93. The number of fused-ring (bicyclic) bond motifs is 1. The van der Waals surface area contributed by atoms with E-state index in [0.29, 0.717) is 29.1 Å². The first kappa shape index (κ1) is 22.7. The van der Waals surface area contributed by atoms with Gasteiger partial charge in [-0.1, -0.05) is 24.3 Å². The van der Waals surface area contributed by atoms with E-state index in [9.17, 15) is 24.5 Å². The van der Waals surface area contributed by atoms with Crippen molar-refractivity contribution >= 4 is 22.7 Å². The Balaban J connectivity index is 1.41. The lowest BCUT2D eigenvalue weighted by molar-refractivity contribution is -0.111. The first-order valence-electron chi connectivity index (χ1n) is 11.2. The van der Waals surface area contributed by atoms with Crippen LogP contribution in [0.15, 0.2) is 54.3 Å². The number of anilines is 1. The van der Waals surface area contributed by atoms with Crippen molar-refractivity contribution in [3.05, 3.63) is 76.8 Å². The number of aliphatic hydroxyl groups is 3. The number of hydrogen-bond donors (Lipinski definition) is 4. The number of carbonyl (C=O) groups excluding carboxylic acids is 1. The van der Waals surface area contributed by atoms with E-state index < -0.39 is 29.7 Å². The molecule has 1 saturated heterocycles. The second-order valence-corrected chi connectivity index (χ2v) is 9.57. The minimum absolute atomic E-state index is 0.285. The molecule has 2 aromatic carbocycles. The quantitative estimate of drug-likeness (QED) is 0.518. The van der Waals surface area contributed by atoms with Gasteiger partial charge in [-0.3, -0.25) is 9.69 Å². The first-order chi connectivity index (χ1) is 16.1. The van der Waals surface area contributed by atoms with Crippen LogP contribution >= 0.6 is 0 Å². The third-order valence-electron chi connectivity index (χ3n) is 6.61. The Morgan fingerprint density at radius 3 is 2.44 bits per heavy atom. The number of ether oxygens (including phenoxy) is 1.